The molecule has 6 heteroatoms. The van der Waals surface area contributed by atoms with Gasteiger partial charge in [-0.15, -0.1) is 0 Å². The molecule has 0 fully saturated rings. The standard InChI is InChI=1S/C15H25N3O2S/c1-5-11(2)16-13(19)8-6-7-9-21-15-17-12(3)10-14(20)18(15)4/h10-11H,5-9H2,1-4H3,(H,16,19). The van der Waals surface area contributed by atoms with Crippen LogP contribution in [0.1, 0.15) is 45.2 Å². The first-order valence-corrected chi connectivity index (χ1v) is 8.39. The molecule has 0 aromatic carbocycles. The molecular formula is C15H25N3O2S. The molecular weight excluding hydrogens is 286 g/mol. The van der Waals surface area contributed by atoms with Crippen LogP contribution in [-0.2, 0) is 11.8 Å². The highest BCUT2D eigenvalue weighted by Gasteiger charge is 2.06. The minimum atomic E-state index is -0.0297. The van der Waals surface area contributed by atoms with Gasteiger partial charge >= 0.3 is 0 Å². The molecule has 1 rings (SSSR count). The van der Waals surface area contributed by atoms with Gasteiger partial charge in [-0.25, -0.2) is 4.98 Å². The molecule has 1 aromatic heterocycles. The summed E-state index contributed by atoms with van der Waals surface area (Å²) in [7, 11) is 1.73. The van der Waals surface area contributed by atoms with E-state index >= 15 is 0 Å². The van der Waals surface area contributed by atoms with Gasteiger partial charge in [0.05, 0.1) is 0 Å². The van der Waals surface area contributed by atoms with Gasteiger partial charge in [-0.2, -0.15) is 0 Å². The molecule has 0 radical (unpaired) electrons. The van der Waals surface area contributed by atoms with E-state index in [2.05, 4.69) is 17.2 Å². The lowest BCUT2D eigenvalue weighted by Gasteiger charge is -2.11. The van der Waals surface area contributed by atoms with Crippen LogP contribution in [0.2, 0.25) is 0 Å². The number of thioether (sulfide) groups is 1. The quantitative estimate of drug-likeness (QED) is 0.454. The molecule has 0 bridgehead atoms. The Kier molecular flexibility index (Phi) is 7.50. The van der Waals surface area contributed by atoms with Gasteiger partial charge < -0.3 is 5.32 Å². The first-order chi connectivity index (χ1) is 9.93. The zero-order valence-corrected chi connectivity index (χ0v) is 14.1. The fraction of sp³-hybridized carbons (Fsp3) is 0.667. The number of carbonyl (C=O) groups excluding carboxylic acids is 1. The van der Waals surface area contributed by atoms with E-state index < -0.39 is 0 Å². The summed E-state index contributed by atoms with van der Waals surface area (Å²) in [5.74, 6) is 0.982. The second-order valence-electron chi connectivity index (χ2n) is 5.26. The van der Waals surface area contributed by atoms with E-state index in [4.69, 9.17) is 0 Å². The highest BCUT2D eigenvalue weighted by atomic mass is 32.2. The Labute approximate surface area is 130 Å². The number of nitrogens with zero attached hydrogens (tertiary/aromatic N) is 2. The lowest BCUT2D eigenvalue weighted by atomic mass is 10.2. The van der Waals surface area contributed by atoms with Crippen molar-refractivity contribution in [3.05, 3.63) is 22.1 Å². The highest BCUT2D eigenvalue weighted by Crippen LogP contribution is 2.15. The Bertz CT molecular complexity index is 528. The number of unbranched alkanes of at least 4 members (excludes halogenated alkanes) is 1. The minimum absolute atomic E-state index is 0.0297. The van der Waals surface area contributed by atoms with Crippen molar-refractivity contribution in [1.29, 1.82) is 0 Å². The number of aromatic nitrogens is 2. The molecule has 0 saturated carbocycles. The van der Waals surface area contributed by atoms with Crippen molar-refractivity contribution in [3.8, 4) is 0 Å². The third-order valence-electron chi connectivity index (χ3n) is 3.27. The Morgan fingerprint density at radius 2 is 2.19 bits per heavy atom. The molecule has 1 amide bonds. The largest absolute Gasteiger partial charge is 0.354 e. The molecule has 5 nitrogen and oxygen atoms in total. The fourth-order valence-electron chi connectivity index (χ4n) is 1.76. The first kappa shape index (κ1) is 17.8. The lowest BCUT2D eigenvalue weighted by molar-refractivity contribution is -0.121. The zero-order chi connectivity index (χ0) is 15.8. The number of nitrogens with one attached hydrogen (secondary N) is 1. The fourth-order valence-corrected chi connectivity index (χ4v) is 2.78. The van der Waals surface area contributed by atoms with Crippen molar-refractivity contribution in [2.24, 2.45) is 7.05 Å². The van der Waals surface area contributed by atoms with Crippen molar-refractivity contribution < 1.29 is 4.79 Å². The number of aryl methyl sites for hydroxylation is 1. The maximum Gasteiger partial charge on any atom is 0.254 e. The van der Waals surface area contributed by atoms with Crippen LogP contribution in [0.5, 0.6) is 0 Å². The van der Waals surface area contributed by atoms with Crippen LogP contribution in [-0.4, -0.2) is 27.3 Å². The predicted molar refractivity (Wildman–Crippen MR) is 86.7 cm³/mol. The van der Waals surface area contributed by atoms with Gasteiger partial charge in [0.1, 0.15) is 0 Å². The summed E-state index contributed by atoms with van der Waals surface area (Å²) in [5.41, 5.74) is 0.714. The van der Waals surface area contributed by atoms with Gasteiger partial charge in [0.25, 0.3) is 5.56 Å². The van der Waals surface area contributed by atoms with E-state index in [-0.39, 0.29) is 17.5 Å². The van der Waals surface area contributed by atoms with Gasteiger partial charge in [-0.3, -0.25) is 14.2 Å². The van der Waals surface area contributed by atoms with Crippen LogP contribution >= 0.6 is 11.8 Å². The van der Waals surface area contributed by atoms with Crippen LogP contribution in [0, 0.1) is 6.92 Å². The van der Waals surface area contributed by atoms with Crippen molar-refractivity contribution in [2.45, 2.75) is 57.7 Å². The predicted octanol–water partition coefficient (Wildman–Crippen LogP) is 2.27. The maximum atomic E-state index is 11.6. The molecule has 1 atom stereocenters. The smallest absolute Gasteiger partial charge is 0.254 e. The van der Waals surface area contributed by atoms with Gasteiger partial charge in [0, 0.05) is 37.0 Å². The average Bonchev–Trinajstić information content (AvgIpc) is 2.43. The zero-order valence-electron chi connectivity index (χ0n) is 13.3. The summed E-state index contributed by atoms with van der Waals surface area (Å²) in [4.78, 5) is 27.6. The average molecular weight is 311 g/mol. The van der Waals surface area contributed by atoms with E-state index in [1.165, 1.54) is 6.07 Å². The van der Waals surface area contributed by atoms with Crippen LogP contribution in [0.25, 0.3) is 0 Å². The molecule has 0 spiro atoms. The third-order valence-corrected chi connectivity index (χ3v) is 4.39. The van der Waals surface area contributed by atoms with Crippen molar-refractivity contribution in [2.75, 3.05) is 5.75 Å². The van der Waals surface area contributed by atoms with Gasteiger partial charge in [0.15, 0.2) is 5.16 Å². The molecule has 1 N–H and O–H groups in total. The SMILES string of the molecule is CCC(C)NC(=O)CCCCSc1nc(C)cc(=O)n1C. The molecule has 1 heterocycles. The molecule has 0 aliphatic heterocycles. The van der Waals surface area contributed by atoms with Gasteiger partial charge in [0.2, 0.25) is 5.91 Å². The van der Waals surface area contributed by atoms with Crippen LogP contribution in [0.4, 0.5) is 0 Å². The second-order valence-corrected chi connectivity index (χ2v) is 6.32. The normalized spacial score (nSPS) is 12.2. The summed E-state index contributed by atoms with van der Waals surface area (Å²) < 4.78 is 1.56. The topological polar surface area (TPSA) is 64.0 Å². The van der Waals surface area contributed by atoms with E-state index in [1.54, 1.807) is 23.4 Å². The van der Waals surface area contributed by atoms with E-state index in [0.717, 1.165) is 35.9 Å². The molecule has 21 heavy (non-hydrogen) atoms. The number of hydrogen-bond donors (Lipinski definition) is 1. The summed E-state index contributed by atoms with van der Waals surface area (Å²) in [6, 6.07) is 1.78. The molecule has 1 aromatic rings. The molecule has 0 aliphatic carbocycles. The maximum absolute atomic E-state index is 11.6. The van der Waals surface area contributed by atoms with E-state index in [0.29, 0.717) is 6.42 Å². The van der Waals surface area contributed by atoms with Crippen LogP contribution in [0.15, 0.2) is 16.0 Å². The molecule has 0 saturated heterocycles. The first-order valence-electron chi connectivity index (χ1n) is 7.40. The molecule has 0 aliphatic rings. The summed E-state index contributed by atoms with van der Waals surface area (Å²) in [6.07, 6.45) is 3.30. The Morgan fingerprint density at radius 1 is 1.48 bits per heavy atom. The Balaban J connectivity index is 2.29. The van der Waals surface area contributed by atoms with Crippen LogP contribution in [0.3, 0.4) is 0 Å². The third kappa shape index (κ3) is 6.33. The van der Waals surface area contributed by atoms with Crippen molar-refractivity contribution >= 4 is 17.7 Å². The second kappa shape index (κ2) is 8.87. The lowest BCUT2D eigenvalue weighted by Crippen LogP contribution is -2.31. The summed E-state index contributed by atoms with van der Waals surface area (Å²) in [5, 5.41) is 3.70. The van der Waals surface area contributed by atoms with Crippen LogP contribution < -0.4 is 10.9 Å². The van der Waals surface area contributed by atoms with Crippen molar-refractivity contribution in [3.63, 3.8) is 0 Å². The Hall–Kier alpha value is -1.30. The summed E-state index contributed by atoms with van der Waals surface area (Å²) >= 11 is 1.57. The van der Waals surface area contributed by atoms with Gasteiger partial charge in [-0.05, 0) is 33.1 Å². The summed E-state index contributed by atoms with van der Waals surface area (Å²) in [6.45, 7) is 5.89. The van der Waals surface area contributed by atoms with Crippen molar-refractivity contribution in [1.82, 2.24) is 14.9 Å². The Morgan fingerprint density at radius 3 is 2.86 bits per heavy atom. The van der Waals surface area contributed by atoms with E-state index in [1.807, 2.05) is 13.8 Å². The molecule has 118 valence electrons. The monoisotopic (exact) mass is 311 g/mol. The number of carbonyl (C=O) groups is 1. The van der Waals surface area contributed by atoms with Gasteiger partial charge in [-0.1, -0.05) is 18.7 Å². The minimum Gasteiger partial charge on any atom is -0.354 e. The number of hydrogen-bond acceptors (Lipinski definition) is 4. The number of amides is 1. The molecule has 1 unspecified atom stereocenters. The number of rotatable bonds is 8. The highest BCUT2D eigenvalue weighted by molar-refractivity contribution is 7.99. The van der Waals surface area contributed by atoms with E-state index in [9.17, 15) is 9.59 Å².